The van der Waals surface area contributed by atoms with Crippen LogP contribution in [0.3, 0.4) is 0 Å². The van der Waals surface area contributed by atoms with Gasteiger partial charge in [-0.2, -0.15) is 8.78 Å². The van der Waals surface area contributed by atoms with E-state index >= 15 is 0 Å². The smallest absolute Gasteiger partial charge is 0.387 e. The molecule has 3 rings (SSSR count). The number of thiophene rings is 1. The predicted octanol–water partition coefficient (Wildman–Crippen LogP) is 4.18. The molecule has 0 aliphatic carbocycles. The van der Waals surface area contributed by atoms with E-state index < -0.39 is 12.5 Å². The lowest BCUT2D eigenvalue weighted by atomic mass is 10.1. The number of halogens is 2. The van der Waals surface area contributed by atoms with E-state index in [4.69, 9.17) is 9.15 Å². The quantitative estimate of drug-likeness (QED) is 0.525. The molecule has 0 atom stereocenters. The van der Waals surface area contributed by atoms with E-state index in [0.717, 1.165) is 11.3 Å². The first-order chi connectivity index (χ1) is 14.5. The van der Waals surface area contributed by atoms with Crippen LogP contribution in [0, 0.1) is 0 Å². The Labute approximate surface area is 174 Å². The number of ether oxygens (including phenoxy) is 2. The number of hydrogen-bond acceptors (Lipinski definition) is 6. The monoisotopic (exact) mass is 436 g/mol. The van der Waals surface area contributed by atoms with Gasteiger partial charge in [-0.3, -0.25) is 9.59 Å². The first-order valence-corrected chi connectivity index (χ1v) is 9.62. The van der Waals surface area contributed by atoms with Crippen LogP contribution in [0.25, 0.3) is 0 Å². The number of alkyl halides is 2. The molecule has 2 heterocycles. The van der Waals surface area contributed by atoms with Gasteiger partial charge in [-0.05, 0) is 48.4 Å². The molecule has 7 nitrogen and oxygen atoms in total. The summed E-state index contributed by atoms with van der Waals surface area (Å²) in [6.45, 7) is -2.68. The molecule has 158 valence electrons. The van der Waals surface area contributed by atoms with Crippen molar-refractivity contribution in [3.63, 3.8) is 0 Å². The number of hydrogen-bond donors (Lipinski definition) is 2. The summed E-state index contributed by atoms with van der Waals surface area (Å²) in [5.74, 6) is -0.410. The Morgan fingerprint density at radius 1 is 1.13 bits per heavy atom. The summed E-state index contributed by atoms with van der Waals surface area (Å²) in [5.41, 5.74) is 0.698. The number of methoxy groups -OCH3 is 1. The Kier molecular flexibility index (Phi) is 7.02. The van der Waals surface area contributed by atoms with Gasteiger partial charge in [-0.1, -0.05) is 6.07 Å². The molecule has 0 spiro atoms. The van der Waals surface area contributed by atoms with Crippen LogP contribution in [0.1, 0.15) is 25.8 Å². The molecule has 0 radical (unpaired) electrons. The van der Waals surface area contributed by atoms with Crippen molar-refractivity contribution in [1.82, 2.24) is 5.32 Å². The molecule has 0 saturated heterocycles. The molecule has 0 saturated carbocycles. The van der Waals surface area contributed by atoms with Crippen LogP contribution in [0.15, 0.2) is 53.1 Å². The SMILES string of the molecule is COc1ccc(CCNC(=O)c2ccc(NC(=O)c3ccco3)s2)cc1OC(F)F. The molecule has 2 amide bonds. The van der Waals surface area contributed by atoms with Gasteiger partial charge in [-0.15, -0.1) is 11.3 Å². The van der Waals surface area contributed by atoms with Crippen LogP contribution < -0.4 is 20.1 Å². The molecule has 30 heavy (non-hydrogen) atoms. The minimum absolute atomic E-state index is 0.0634. The van der Waals surface area contributed by atoms with Gasteiger partial charge in [0.05, 0.1) is 23.3 Å². The Hall–Kier alpha value is -3.40. The van der Waals surface area contributed by atoms with Gasteiger partial charge >= 0.3 is 6.61 Å². The first-order valence-electron chi connectivity index (χ1n) is 8.81. The average molecular weight is 436 g/mol. The maximum Gasteiger partial charge on any atom is 0.387 e. The lowest BCUT2D eigenvalue weighted by Crippen LogP contribution is -2.24. The highest BCUT2D eigenvalue weighted by Gasteiger charge is 2.14. The first kappa shape index (κ1) is 21.3. The Morgan fingerprint density at radius 3 is 2.67 bits per heavy atom. The molecule has 0 fully saturated rings. The molecule has 0 aliphatic rings. The summed E-state index contributed by atoms with van der Waals surface area (Å²) in [6.07, 6.45) is 1.80. The third kappa shape index (κ3) is 5.57. The van der Waals surface area contributed by atoms with Crippen molar-refractivity contribution in [2.45, 2.75) is 13.0 Å². The molecule has 0 bridgehead atoms. The number of carbonyl (C=O) groups is 2. The van der Waals surface area contributed by atoms with Crippen LogP contribution in [-0.2, 0) is 6.42 Å². The van der Waals surface area contributed by atoms with E-state index in [1.54, 1.807) is 24.3 Å². The maximum atomic E-state index is 12.5. The second kappa shape index (κ2) is 9.88. The van der Waals surface area contributed by atoms with Gasteiger partial charge in [0, 0.05) is 6.54 Å². The van der Waals surface area contributed by atoms with Gasteiger partial charge in [0.15, 0.2) is 17.3 Å². The van der Waals surface area contributed by atoms with E-state index in [2.05, 4.69) is 15.4 Å². The van der Waals surface area contributed by atoms with Crippen molar-refractivity contribution in [3.8, 4) is 11.5 Å². The summed E-state index contributed by atoms with van der Waals surface area (Å²) < 4.78 is 39.5. The lowest BCUT2D eigenvalue weighted by Gasteiger charge is -2.11. The molecular formula is C20H18F2N2O5S. The number of furan rings is 1. The fourth-order valence-corrected chi connectivity index (χ4v) is 3.40. The second-order valence-corrected chi connectivity index (χ2v) is 7.05. The van der Waals surface area contributed by atoms with E-state index in [1.807, 2.05) is 0 Å². The van der Waals surface area contributed by atoms with Crippen LogP contribution in [0.5, 0.6) is 11.5 Å². The highest BCUT2D eigenvalue weighted by molar-refractivity contribution is 7.18. The van der Waals surface area contributed by atoms with Crippen molar-refractivity contribution >= 4 is 28.2 Å². The van der Waals surface area contributed by atoms with Gasteiger partial charge < -0.3 is 24.5 Å². The largest absolute Gasteiger partial charge is 0.493 e. The molecule has 0 unspecified atom stereocenters. The van der Waals surface area contributed by atoms with E-state index in [0.29, 0.717) is 21.9 Å². The number of nitrogens with one attached hydrogen (secondary N) is 2. The normalized spacial score (nSPS) is 10.7. The maximum absolute atomic E-state index is 12.5. The molecular weight excluding hydrogens is 418 g/mol. The topological polar surface area (TPSA) is 89.8 Å². The highest BCUT2D eigenvalue weighted by Crippen LogP contribution is 2.29. The van der Waals surface area contributed by atoms with Gasteiger partial charge in [0.25, 0.3) is 11.8 Å². The standard InChI is InChI=1S/C20H18F2N2O5S/c1-27-13-5-4-12(11-15(13)29-20(21)22)8-9-23-19(26)16-6-7-17(30-16)24-18(25)14-3-2-10-28-14/h2-7,10-11,20H,8-9H2,1H3,(H,23,26)(H,24,25). The number of anilines is 1. The molecule has 1 aromatic carbocycles. The predicted molar refractivity (Wildman–Crippen MR) is 107 cm³/mol. The van der Waals surface area contributed by atoms with Crippen LogP contribution >= 0.6 is 11.3 Å². The second-order valence-electron chi connectivity index (χ2n) is 5.96. The zero-order chi connectivity index (χ0) is 21.5. The van der Waals surface area contributed by atoms with Gasteiger partial charge in [0.2, 0.25) is 0 Å². The Bertz CT molecular complexity index is 1000. The zero-order valence-electron chi connectivity index (χ0n) is 15.8. The highest BCUT2D eigenvalue weighted by atomic mass is 32.1. The fraction of sp³-hybridized carbons (Fsp3) is 0.200. The number of benzene rings is 1. The molecule has 3 aromatic rings. The minimum atomic E-state index is -2.96. The Balaban J connectivity index is 1.52. The summed E-state index contributed by atoms with van der Waals surface area (Å²) in [5, 5.41) is 5.91. The van der Waals surface area contributed by atoms with E-state index in [-0.39, 0.29) is 29.7 Å². The lowest BCUT2D eigenvalue weighted by molar-refractivity contribution is -0.0512. The van der Waals surface area contributed by atoms with Crippen molar-refractivity contribution in [1.29, 1.82) is 0 Å². The fourth-order valence-electron chi connectivity index (χ4n) is 2.58. The molecule has 2 N–H and O–H groups in total. The van der Waals surface area contributed by atoms with Gasteiger partial charge in [-0.25, -0.2) is 0 Å². The summed E-state index contributed by atoms with van der Waals surface area (Å²) in [4.78, 5) is 24.7. The van der Waals surface area contributed by atoms with Gasteiger partial charge in [0.1, 0.15) is 0 Å². The number of amides is 2. The minimum Gasteiger partial charge on any atom is -0.493 e. The van der Waals surface area contributed by atoms with Crippen molar-refractivity contribution in [2.24, 2.45) is 0 Å². The van der Waals surface area contributed by atoms with Crippen LogP contribution in [0.2, 0.25) is 0 Å². The van der Waals surface area contributed by atoms with Crippen molar-refractivity contribution in [2.75, 3.05) is 19.0 Å². The molecule has 0 aliphatic heterocycles. The van der Waals surface area contributed by atoms with E-state index in [1.165, 1.54) is 31.6 Å². The average Bonchev–Trinajstić information content (AvgIpc) is 3.40. The third-order valence-electron chi connectivity index (χ3n) is 3.95. The molecule has 10 heteroatoms. The Morgan fingerprint density at radius 2 is 1.97 bits per heavy atom. The van der Waals surface area contributed by atoms with Crippen molar-refractivity contribution in [3.05, 3.63) is 64.9 Å². The summed E-state index contributed by atoms with van der Waals surface area (Å²) in [6, 6.07) is 11.0. The zero-order valence-corrected chi connectivity index (χ0v) is 16.6. The third-order valence-corrected chi connectivity index (χ3v) is 4.95. The van der Waals surface area contributed by atoms with Crippen molar-refractivity contribution < 1.29 is 32.3 Å². The molecule has 2 aromatic heterocycles. The van der Waals surface area contributed by atoms with Crippen LogP contribution in [-0.4, -0.2) is 32.1 Å². The van der Waals surface area contributed by atoms with E-state index in [9.17, 15) is 18.4 Å². The summed E-state index contributed by atoms with van der Waals surface area (Å²) in [7, 11) is 1.36. The number of rotatable bonds is 9. The summed E-state index contributed by atoms with van der Waals surface area (Å²) >= 11 is 1.12. The number of carbonyl (C=O) groups excluding carboxylic acids is 2. The van der Waals surface area contributed by atoms with Crippen LogP contribution in [0.4, 0.5) is 13.8 Å².